The lowest BCUT2D eigenvalue weighted by Crippen LogP contribution is -2.33. The summed E-state index contributed by atoms with van der Waals surface area (Å²) in [7, 11) is 0. The molecule has 2 atom stereocenters. The zero-order valence-corrected chi connectivity index (χ0v) is 20.5. The Morgan fingerprint density at radius 1 is 0.861 bits per heavy atom. The monoisotopic (exact) mass is 489 g/mol. The highest BCUT2D eigenvalue weighted by molar-refractivity contribution is 7.98. The molecule has 4 aromatic carbocycles. The van der Waals surface area contributed by atoms with Crippen LogP contribution in [-0.4, -0.2) is 22.1 Å². The molecule has 5 nitrogen and oxygen atoms in total. The third-order valence-corrected chi connectivity index (χ3v) is 7.69. The number of rotatable bonds is 4. The molecule has 176 valence electrons. The van der Waals surface area contributed by atoms with E-state index in [1.165, 1.54) is 10.5 Å². The van der Waals surface area contributed by atoms with Crippen molar-refractivity contribution in [1.29, 1.82) is 0 Å². The third kappa shape index (κ3) is 3.48. The SMILES string of the molecule is CSc1ccc(C2=NN3C(C2)c2ccccc2OC3c2ccc3noc(-c4ccccc4)c3c2)cc1. The van der Waals surface area contributed by atoms with Crippen LogP contribution in [0.25, 0.3) is 22.2 Å². The van der Waals surface area contributed by atoms with Crippen LogP contribution in [0.5, 0.6) is 5.75 Å². The molecule has 36 heavy (non-hydrogen) atoms. The predicted molar refractivity (Wildman–Crippen MR) is 143 cm³/mol. The molecule has 2 unspecified atom stereocenters. The number of nitrogens with zero attached hydrogens (tertiary/aromatic N) is 3. The van der Waals surface area contributed by atoms with Crippen molar-refractivity contribution >= 4 is 28.4 Å². The van der Waals surface area contributed by atoms with Gasteiger partial charge in [-0.3, -0.25) is 0 Å². The predicted octanol–water partition coefficient (Wildman–Crippen LogP) is 7.46. The maximum Gasteiger partial charge on any atom is 0.213 e. The molecule has 7 rings (SSSR count). The first-order valence-electron chi connectivity index (χ1n) is 12.0. The first kappa shape index (κ1) is 21.3. The van der Waals surface area contributed by atoms with E-state index in [1.807, 2.05) is 42.5 Å². The molecule has 5 aromatic rings. The third-order valence-electron chi connectivity index (χ3n) is 6.94. The second-order valence-corrected chi connectivity index (χ2v) is 9.92. The fourth-order valence-corrected chi connectivity index (χ4v) is 5.53. The number of aromatic nitrogens is 1. The van der Waals surface area contributed by atoms with Crippen molar-refractivity contribution < 1.29 is 9.26 Å². The first-order valence-corrected chi connectivity index (χ1v) is 13.2. The van der Waals surface area contributed by atoms with E-state index >= 15 is 0 Å². The molecule has 0 N–H and O–H groups in total. The van der Waals surface area contributed by atoms with Gasteiger partial charge in [-0.1, -0.05) is 71.9 Å². The average Bonchev–Trinajstić information content (AvgIpc) is 3.58. The number of para-hydroxylation sites is 1. The zero-order chi connectivity index (χ0) is 24.1. The van der Waals surface area contributed by atoms with Crippen molar-refractivity contribution in [3.05, 3.63) is 114 Å². The maximum atomic E-state index is 6.59. The van der Waals surface area contributed by atoms with Gasteiger partial charge in [0, 0.05) is 28.0 Å². The molecule has 0 radical (unpaired) electrons. The summed E-state index contributed by atoms with van der Waals surface area (Å²) in [5, 5.41) is 12.5. The fourth-order valence-electron chi connectivity index (χ4n) is 5.12. The number of hydrogen-bond acceptors (Lipinski definition) is 6. The van der Waals surface area contributed by atoms with Crippen LogP contribution in [0, 0.1) is 0 Å². The largest absolute Gasteiger partial charge is 0.464 e. The fraction of sp³-hybridized carbons (Fsp3) is 0.133. The molecule has 2 aliphatic rings. The summed E-state index contributed by atoms with van der Waals surface area (Å²) >= 11 is 1.75. The minimum absolute atomic E-state index is 0.113. The van der Waals surface area contributed by atoms with Crippen molar-refractivity contribution in [2.45, 2.75) is 23.6 Å². The van der Waals surface area contributed by atoms with E-state index in [2.05, 4.69) is 71.0 Å². The lowest BCUT2D eigenvalue weighted by molar-refractivity contribution is -0.0189. The van der Waals surface area contributed by atoms with E-state index in [9.17, 15) is 0 Å². The van der Waals surface area contributed by atoms with E-state index in [1.54, 1.807) is 11.8 Å². The van der Waals surface area contributed by atoms with Crippen molar-refractivity contribution in [2.24, 2.45) is 5.10 Å². The van der Waals surface area contributed by atoms with Gasteiger partial charge in [0.25, 0.3) is 0 Å². The molecule has 0 spiro atoms. The molecular formula is C30H23N3O2S. The normalized spacial score (nSPS) is 18.5. The summed E-state index contributed by atoms with van der Waals surface area (Å²) < 4.78 is 12.3. The number of benzene rings is 4. The Balaban J connectivity index is 1.32. The minimum atomic E-state index is -0.351. The van der Waals surface area contributed by atoms with Gasteiger partial charge < -0.3 is 9.26 Å². The second kappa shape index (κ2) is 8.57. The molecule has 6 heteroatoms. The molecule has 1 aromatic heterocycles. The van der Waals surface area contributed by atoms with Crippen molar-refractivity contribution in [3.63, 3.8) is 0 Å². The maximum absolute atomic E-state index is 6.59. The van der Waals surface area contributed by atoms with E-state index in [0.717, 1.165) is 51.2 Å². The van der Waals surface area contributed by atoms with E-state index in [4.69, 9.17) is 14.4 Å². The number of fused-ring (bicyclic) bond motifs is 4. The minimum Gasteiger partial charge on any atom is -0.464 e. The molecule has 0 fully saturated rings. The molecule has 0 saturated carbocycles. The van der Waals surface area contributed by atoms with E-state index in [-0.39, 0.29) is 12.3 Å². The quantitative estimate of drug-likeness (QED) is 0.245. The number of hydrazone groups is 1. The van der Waals surface area contributed by atoms with Crippen LogP contribution < -0.4 is 4.74 Å². The molecule has 0 saturated heterocycles. The van der Waals surface area contributed by atoms with Crippen LogP contribution in [0.15, 0.2) is 112 Å². The summed E-state index contributed by atoms with van der Waals surface area (Å²) in [5.74, 6) is 1.67. The van der Waals surface area contributed by atoms with Crippen molar-refractivity contribution in [3.8, 4) is 17.1 Å². The lowest BCUT2D eigenvalue weighted by atomic mass is 9.95. The highest BCUT2D eigenvalue weighted by Crippen LogP contribution is 2.48. The van der Waals surface area contributed by atoms with Gasteiger partial charge in [-0.15, -0.1) is 11.8 Å². The summed E-state index contributed by atoms with van der Waals surface area (Å²) in [6, 6.07) is 33.3. The second-order valence-electron chi connectivity index (χ2n) is 9.04. The standard InChI is InChI=1S/C30H23N3O2S/c1-36-22-14-11-19(12-15-22)26-18-27-23-9-5-6-10-28(23)34-30(33(27)31-26)21-13-16-25-24(17-21)29(35-32-25)20-7-3-2-4-8-20/h2-17,27,30H,18H2,1H3. The van der Waals surface area contributed by atoms with Gasteiger partial charge in [0.2, 0.25) is 6.23 Å². The van der Waals surface area contributed by atoms with Gasteiger partial charge in [-0.2, -0.15) is 5.10 Å². The van der Waals surface area contributed by atoms with Crippen LogP contribution in [-0.2, 0) is 0 Å². The Morgan fingerprint density at radius 3 is 2.50 bits per heavy atom. The average molecular weight is 490 g/mol. The van der Waals surface area contributed by atoms with E-state index in [0.29, 0.717) is 0 Å². The van der Waals surface area contributed by atoms with E-state index < -0.39 is 0 Å². The highest BCUT2D eigenvalue weighted by Gasteiger charge is 2.41. The van der Waals surface area contributed by atoms with Crippen LogP contribution >= 0.6 is 11.8 Å². The van der Waals surface area contributed by atoms with Gasteiger partial charge in [0.1, 0.15) is 11.3 Å². The molecule has 0 bridgehead atoms. The topological polar surface area (TPSA) is 50.9 Å². The molecule has 0 aliphatic carbocycles. The van der Waals surface area contributed by atoms with Crippen molar-refractivity contribution in [2.75, 3.05) is 6.26 Å². The van der Waals surface area contributed by atoms with Gasteiger partial charge in [0.05, 0.1) is 17.1 Å². The first-order chi connectivity index (χ1) is 17.8. The summed E-state index contributed by atoms with van der Waals surface area (Å²) in [6.45, 7) is 0. The van der Waals surface area contributed by atoms with Crippen LogP contribution in [0.3, 0.4) is 0 Å². The Bertz CT molecular complexity index is 1590. The van der Waals surface area contributed by atoms with Crippen LogP contribution in [0.2, 0.25) is 0 Å². The Morgan fingerprint density at radius 2 is 1.67 bits per heavy atom. The summed E-state index contributed by atoms with van der Waals surface area (Å²) in [6.07, 6.45) is 2.58. The Hall–Kier alpha value is -4.03. The lowest BCUT2D eigenvalue weighted by Gasteiger charge is -2.38. The molecular weight excluding hydrogens is 466 g/mol. The Labute approximate surface area is 213 Å². The zero-order valence-electron chi connectivity index (χ0n) is 19.7. The number of thioether (sulfide) groups is 1. The van der Waals surface area contributed by atoms with Crippen LogP contribution in [0.1, 0.15) is 35.4 Å². The van der Waals surface area contributed by atoms with Gasteiger partial charge in [-0.05, 0) is 42.2 Å². The summed E-state index contributed by atoms with van der Waals surface area (Å²) in [5.41, 5.74) is 6.24. The molecule has 2 aliphatic heterocycles. The summed E-state index contributed by atoms with van der Waals surface area (Å²) in [4.78, 5) is 1.25. The number of ether oxygens (including phenoxy) is 1. The van der Waals surface area contributed by atoms with Crippen LogP contribution in [0.4, 0.5) is 0 Å². The van der Waals surface area contributed by atoms with Gasteiger partial charge in [-0.25, -0.2) is 5.01 Å². The Kier molecular flexibility index (Phi) is 5.06. The highest BCUT2D eigenvalue weighted by atomic mass is 32.2. The number of hydrogen-bond donors (Lipinski definition) is 0. The smallest absolute Gasteiger partial charge is 0.213 e. The van der Waals surface area contributed by atoms with Gasteiger partial charge in [0.15, 0.2) is 5.76 Å². The van der Waals surface area contributed by atoms with Gasteiger partial charge >= 0.3 is 0 Å². The molecule has 3 heterocycles. The van der Waals surface area contributed by atoms with Crippen molar-refractivity contribution in [1.82, 2.24) is 10.2 Å². The molecule has 0 amide bonds.